The van der Waals surface area contributed by atoms with Crippen molar-refractivity contribution in [2.75, 3.05) is 11.4 Å². The smallest absolute Gasteiger partial charge is 0.227 e. The van der Waals surface area contributed by atoms with Crippen LogP contribution in [0.2, 0.25) is 0 Å². The third kappa shape index (κ3) is 3.39. The molecule has 2 amide bonds. The minimum absolute atomic E-state index is 0.0571. The Balaban J connectivity index is 1.52. The molecule has 1 saturated heterocycles. The second kappa shape index (κ2) is 7.33. The minimum Gasteiger partial charge on any atom is -0.343 e. The molecule has 2 fully saturated rings. The van der Waals surface area contributed by atoms with Crippen molar-refractivity contribution in [3.8, 4) is 0 Å². The summed E-state index contributed by atoms with van der Waals surface area (Å²) in [5.74, 6) is -0.541. The summed E-state index contributed by atoms with van der Waals surface area (Å²) in [5, 5.41) is 7.17. The molecule has 1 aromatic carbocycles. The van der Waals surface area contributed by atoms with Gasteiger partial charge in [0.2, 0.25) is 17.7 Å². The number of aromatic nitrogens is 2. The monoisotopic (exact) mass is 386 g/mol. The van der Waals surface area contributed by atoms with Crippen LogP contribution in [0.25, 0.3) is 0 Å². The van der Waals surface area contributed by atoms with E-state index in [1.54, 1.807) is 25.1 Å². The first-order valence-corrected chi connectivity index (χ1v) is 9.66. The Bertz CT molecular complexity index is 891. The van der Waals surface area contributed by atoms with Crippen molar-refractivity contribution >= 4 is 17.5 Å². The van der Waals surface area contributed by atoms with E-state index in [-0.39, 0.29) is 30.5 Å². The van der Waals surface area contributed by atoms with Crippen LogP contribution in [0.4, 0.5) is 10.1 Å². The van der Waals surface area contributed by atoms with Gasteiger partial charge in [0.1, 0.15) is 11.4 Å². The summed E-state index contributed by atoms with van der Waals surface area (Å²) in [6.45, 7) is 1.88. The number of hydrogen-bond donors (Lipinski definition) is 1. The predicted molar refractivity (Wildman–Crippen MR) is 98.8 cm³/mol. The number of nitrogens with one attached hydrogen (secondary N) is 1. The van der Waals surface area contributed by atoms with Gasteiger partial charge >= 0.3 is 0 Å². The first-order chi connectivity index (χ1) is 13.5. The highest BCUT2D eigenvalue weighted by Gasteiger charge is 2.43. The Hall–Kier alpha value is -2.77. The maximum absolute atomic E-state index is 14.1. The van der Waals surface area contributed by atoms with Crippen molar-refractivity contribution in [3.05, 3.63) is 41.8 Å². The molecule has 8 heteroatoms. The molecule has 28 heavy (non-hydrogen) atoms. The van der Waals surface area contributed by atoms with Gasteiger partial charge in [-0.2, -0.15) is 4.98 Å². The average Bonchev–Trinajstić information content (AvgIpc) is 3.29. The Labute approximate surface area is 162 Å². The van der Waals surface area contributed by atoms with E-state index in [1.807, 2.05) is 0 Å². The molecule has 1 atom stereocenters. The van der Waals surface area contributed by atoms with Crippen LogP contribution in [0, 0.1) is 18.7 Å². The molecule has 0 radical (unpaired) electrons. The Kier molecular flexibility index (Phi) is 4.87. The third-order valence-corrected chi connectivity index (χ3v) is 5.66. The largest absolute Gasteiger partial charge is 0.343 e. The lowest BCUT2D eigenvalue weighted by molar-refractivity contribution is -0.128. The first kappa shape index (κ1) is 18.6. The molecular formula is C20H23FN4O3. The second-order valence-corrected chi connectivity index (χ2v) is 7.63. The van der Waals surface area contributed by atoms with Crippen molar-refractivity contribution in [3.63, 3.8) is 0 Å². The fourth-order valence-corrected chi connectivity index (χ4v) is 4.18. The predicted octanol–water partition coefficient (Wildman–Crippen LogP) is 2.85. The molecule has 4 rings (SSSR count). The molecule has 2 aromatic rings. The standard InChI is InChI=1S/C20H23FN4O3/c1-13-22-19(24-28-13)20(9-5-2-6-10-20)23-18(27)14-11-17(26)25(12-14)16-8-4-3-7-15(16)21/h3-4,7-8,14H,2,5-6,9-12H2,1H3,(H,23,27)/t14-/m1/s1. The van der Waals surface area contributed by atoms with Gasteiger partial charge in [-0.05, 0) is 25.0 Å². The second-order valence-electron chi connectivity index (χ2n) is 7.63. The number of carbonyl (C=O) groups is 2. The summed E-state index contributed by atoms with van der Waals surface area (Å²) >= 11 is 0. The van der Waals surface area contributed by atoms with E-state index < -0.39 is 17.3 Å². The SMILES string of the molecule is Cc1nc(C2(NC(=O)[C@@H]3CC(=O)N(c4ccccc4F)C3)CCCCC2)no1. The Morgan fingerprint density at radius 2 is 2.04 bits per heavy atom. The molecule has 1 saturated carbocycles. The molecule has 0 bridgehead atoms. The van der Waals surface area contributed by atoms with Crippen molar-refractivity contribution in [2.45, 2.75) is 51.0 Å². The maximum atomic E-state index is 14.1. The fourth-order valence-electron chi connectivity index (χ4n) is 4.18. The van der Waals surface area contributed by atoms with Gasteiger partial charge in [-0.3, -0.25) is 9.59 Å². The van der Waals surface area contributed by atoms with E-state index in [2.05, 4.69) is 15.5 Å². The highest BCUT2D eigenvalue weighted by Crippen LogP contribution is 2.36. The van der Waals surface area contributed by atoms with E-state index in [9.17, 15) is 14.0 Å². The molecule has 1 N–H and O–H groups in total. The number of hydrogen-bond acceptors (Lipinski definition) is 5. The summed E-state index contributed by atoms with van der Waals surface area (Å²) in [6, 6.07) is 6.11. The van der Waals surface area contributed by atoms with Gasteiger partial charge < -0.3 is 14.7 Å². The molecule has 1 aromatic heterocycles. The van der Waals surface area contributed by atoms with Crippen LogP contribution in [-0.4, -0.2) is 28.5 Å². The number of benzene rings is 1. The van der Waals surface area contributed by atoms with Crippen molar-refractivity contribution < 1.29 is 18.5 Å². The van der Waals surface area contributed by atoms with E-state index >= 15 is 0 Å². The Morgan fingerprint density at radius 3 is 2.71 bits per heavy atom. The normalized spacial score (nSPS) is 21.7. The number of anilines is 1. The quantitative estimate of drug-likeness (QED) is 0.873. The molecule has 2 heterocycles. The molecular weight excluding hydrogens is 363 g/mol. The molecule has 148 valence electrons. The zero-order valence-corrected chi connectivity index (χ0v) is 15.8. The van der Waals surface area contributed by atoms with Crippen LogP contribution >= 0.6 is 0 Å². The lowest BCUT2D eigenvalue weighted by Gasteiger charge is -2.36. The summed E-state index contributed by atoms with van der Waals surface area (Å²) in [4.78, 5) is 31.2. The van der Waals surface area contributed by atoms with Crippen LogP contribution in [0.5, 0.6) is 0 Å². The van der Waals surface area contributed by atoms with Gasteiger partial charge in [-0.25, -0.2) is 4.39 Å². The van der Waals surface area contributed by atoms with Crippen LogP contribution in [0.3, 0.4) is 0 Å². The number of rotatable bonds is 4. The topological polar surface area (TPSA) is 88.3 Å². The van der Waals surface area contributed by atoms with Gasteiger partial charge in [0, 0.05) is 19.9 Å². The summed E-state index contributed by atoms with van der Waals surface area (Å²) in [5.41, 5.74) is -0.453. The lowest BCUT2D eigenvalue weighted by Crippen LogP contribution is -2.50. The number of aryl methyl sites for hydroxylation is 1. The van der Waals surface area contributed by atoms with Gasteiger partial charge in [0.25, 0.3) is 0 Å². The van der Waals surface area contributed by atoms with Crippen LogP contribution in [-0.2, 0) is 15.1 Å². The van der Waals surface area contributed by atoms with Gasteiger partial charge in [0.15, 0.2) is 5.82 Å². The Morgan fingerprint density at radius 1 is 1.29 bits per heavy atom. The van der Waals surface area contributed by atoms with E-state index in [1.165, 1.54) is 11.0 Å². The molecule has 0 spiro atoms. The number of nitrogens with zero attached hydrogens (tertiary/aromatic N) is 3. The summed E-state index contributed by atoms with van der Waals surface area (Å²) in [6.07, 6.45) is 4.53. The average molecular weight is 386 g/mol. The molecule has 1 aliphatic carbocycles. The van der Waals surface area contributed by atoms with Crippen LogP contribution in [0.15, 0.2) is 28.8 Å². The first-order valence-electron chi connectivity index (χ1n) is 9.66. The van der Waals surface area contributed by atoms with Crippen molar-refractivity contribution in [2.24, 2.45) is 5.92 Å². The molecule has 7 nitrogen and oxygen atoms in total. The zero-order valence-electron chi connectivity index (χ0n) is 15.8. The molecule has 1 aliphatic heterocycles. The summed E-state index contributed by atoms with van der Waals surface area (Å²) in [7, 11) is 0. The highest BCUT2D eigenvalue weighted by atomic mass is 19.1. The number of halogens is 1. The van der Waals surface area contributed by atoms with Crippen molar-refractivity contribution in [1.82, 2.24) is 15.5 Å². The third-order valence-electron chi connectivity index (χ3n) is 5.66. The van der Waals surface area contributed by atoms with Gasteiger partial charge in [-0.15, -0.1) is 0 Å². The highest BCUT2D eigenvalue weighted by molar-refractivity contribution is 6.00. The maximum Gasteiger partial charge on any atom is 0.227 e. The zero-order chi connectivity index (χ0) is 19.7. The number of carbonyl (C=O) groups excluding carboxylic acids is 2. The summed E-state index contributed by atoms with van der Waals surface area (Å²) < 4.78 is 19.2. The molecule has 2 aliphatic rings. The van der Waals surface area contributed by atoms with E-state index in [0.29, 0.717) is 11.7 Å². The van der Waals surface area contributed by atoms with Crippen LogP contribution < -0.4 is 10.2 Å². The molecule has 0 unspecified atom stereocenters. The number of para-hydroxylation sites is 1. The fraction of sp³-hybridized carbons (Fsp3) is 0.500. The van der Waals surface area contributed by atoms with Crippen molar-refractivity contribution in [1.29, 1.82) is 0 Å². The van der Waals surface area contributed by atoms with Crippen LogP contribution in [0.1, 0.15) is 50.2 Å². The number of amides is 2. The lowest BCUT2D eigenvalue weighted by atomic mass is 9.80. The van der Waals surface area contributed by atoms with Gasteiger partial charge in [0.05, 0.1) is 11.6 Å². The van der Waals surface area contributed by atoms with Gasteiger partial charge in [-0.1, -0.05) is 36.6 Å². The van der Waals surface area contributed by atoms with E-state index in [0.717, 1.165) is 32.1 Å². The van der Waals surface area contributed by atoms with E-state index in [4.69, 9.17) is 4.52 Å². The minimum atomic E-state index is -0.665.